The highest BCUT2D eigenvalue weighted by Gasteiger charge is 2.33. The van der Waals surface area contributed by atoms with Crippen molar-refractivity contribution in [2.45, 2.75) is 32.2 Å². The van der Waals surface area contributed by atoms with Crippen molar-refractivity contribution in [3.05, 3.63) is 23.8 Å². The van der Waals surface area contributed by atoms with Gasteiger partial charge in [-0.05, 0) is 18.9 Å². The van der Waals surface area contributed by atoms with Crippen molar-refractivity contribution in [3.8, 4) is 5.75 Å². The molecule has 2 aliphatic rings. The third-order valence-electron chi connectivity index (χ3n) is 4.14. The SMILES string of the molecule is CBc1ccc2c(c1)C(=O)CC(C1CCCOC1)O2. The zero-order chi connectivity index (χ0) is 13.2. The van der Waals surface area contributed by atoms with E-state index in [4.69, 9.17) is 9.47 Å². The Morgan fingerprint density at radius 3 is 3.00 bits per heavy atom. The van der Waals surface area contributed by atoms with Crippen LogP contribution in [-0.2, 0) is 4.74 Å². The minimum Gasteiger partial charge on any atom is -0.489 e. The Bertz CT molecular complexity index is 480. The molecule has 100 valence electrons. The van der Waals surface area contributed by atoms with Crippen molar-refractivity contribution in [2.24, 2.45) is 5.92 Å². The summed E-state index contributed by atoms with van der Waals surface area (Å²) in [5.41, 5.74) is 1.95. The number of carbonyl (C=O) groups is 1. The molecule has 0 amide bonds. The summed E-state index contributed by atoms with van der Waals surface area (Å²) < 4.78 is 11.5. The van der Waals surface area contributed by atoms with E-state index >= 15 is 0 Å². The minimum absolute atomic E-state index is 0.00669. The van der Waals surface area contributed by atoms with Crippen LogP contribution in [0.4, 0.5) is 0 Å². The summed E-state index contributed by atoms with van der Waals surface area (Å²) in [4.78, 5) is 12.3. The summed E-state index contributed by atoms with van der Waals surface area (Å²) in [7, 11) is 0.945. The number of hydrogen-bond donors (Lipinski definition) is 0. The lowest BCUT2D eigenvalue weighted by Crippen LogP contribution is -2.38. The van der Waals surface area contributed by atoms with Crippen LogP contribution in [0.25, 0.3) is 0 Å². The molecule has 1 saturated heterocycles. The fourth-order valence-electron chi connectivity index (χ4n) is 2.94. The molecule has 2 unspecified atom stereocenters. The fourth-order valence-corrected chi connectivity index (χ4v) is 2.94. The second-order valence-electron chi connectivity index (χ2n) is 5.44. The van der Waals surface area contributed by atoms with Gasteiger partial charge in [-0.1, -0.05) is 24.4 Å². The van der Waals surface area contributed by atoms with Crippen molar-refractivity contribution in [1.29, 1.82) is 0 Å². The largest absolute Gasteiger partial charge is 0.489 e. The number of rotatable bonds is 2. The zero-order valence-corrected chi connectivity index (χ0v) is 11.4. The number of ketones is 1. The molecule has 0 radical (unpaired) electrons. The molecule has 0 N–H and O–H groups in total. The van der Waals surface area contributed by atoms with Gasteiger partial charge in [-0.3, -0.25) is 4.79 Å². The fraction of sp³-hybridized carbons (Fsp3) is 0.533. The average molecular weight is 258 g/mol. The lowest BCUT2D eigenvalue weighted by atomic mass is 9.72. The van der Waals surface area contributed by atoms with Crippen molar-refractivity contribution in [3.63, 3.8) is 0 Å². The first-order chi connectivity index (χ1) is 9.28. The molecule has 2 heterocycles. The van der Waals surface area contributed by atoms with E-state index in [9.17, 15) is 4.79 Å². The van der Waals surface area contributed by atoms with Crippen LogP contribution in [0.2, 0.25) is 6.82 Å². The summed E-state index contributed by atoms with van der Waals surface area (Å²) in [6.45, 7) is 3.66. The molecule has 2 aliphatic heterocycles. The van der Waals surface area contributed by atoms with E-state index in [-0.39, 0.29) is 11.9 Å². The first-order valence-corrected chi connectivity index (χ1v) is 7.18. The number of Topliss-reactive ketones (excluding diaryl/α,β-unsaturated/α-hetero) is 1. The number of hydrogen-bond acceptors (Lipinski definition) is 3. The maximum absolute atomic E-state index is 12.3. The molecular formula is C15H19BO3. The van der Waals surface area contributed by atoms with Crippen LogP contribution >= 0.6 is 0 Å². The van der Waals surface area contributed by atoms with E-state index in [1.165, 1.54) is 5.46 Å². The quantitative estimate of drug-likeness (QED) is 0.755. The Balaban J connectivity index is 1.81. The van der Waals surface area contributed by atoms with Crippen LogP contribution in [0, 0.1) is 5.92 Å². The van der Waals surface area contributed by atoms with Gasteiger partial charge in [-0.15, -0.1) is 0 Å². The normalized spacial score (nSPS) is 26.5. The lowest BCUT2D eigenvalue weighted by Gasteiger charge is -2.33. The van der Waals surface area contributed by atoms with Gasteiger partial charge in [0.25, 0.3) is 0 Å². The van der Waals surface area contributed by atoms with Crippen LogP contribution in [0.15, 0.2) is 18.2 Å². The van der Waals surface area contributed by atoms with Crippen LogP contribution in [0.1, 0.15) is 29.6 Å². The smallest absolute Gasteiger partial charge is 0.170 e. The number of ether oxygens (including phenoxy) is 2. The number of carbonyl (C=O) groups excluding carboxylic acids is 1. The van der Waals surface area contributed by atoms with E-state index in [1.807, 2.05) is 18.2 Å². The highest BCUT2D eigenvalue weighted by Crippen LogP contribution is 2.32. The molecule has 0 bridgehead atoms. The summed E-state index contributed by atoms with van der Waals surface area (Å²) in [5, 5.41) is 0. The molecule has 1 fully saturated rings. The molecule has 19 heavy (non-hydrogen) atoms. The van der Waals surface area contributed by atoms with E-state index in [2.05, 4.69) is 6.82 Å². The standard InChI is InChI=1S/C15H19BO3/c1-16-11-4-5-14-12(7-11)13(17)8-15(19-14)10-3-2-6-18-9-10/h4-5,7,10,15-16H,2-3,6,8-9H2,1H3. The van der Waals surface area contributed by atoms with E-state index in [0.717, 1.165) is 44.6 Å². The molecule has 0 saturated carbocycles. The van der Waals surface area contributed by atoms with Gasteiger partial charge in [-0.2, -0.15) is 0 Å². The van der Waals surface area contributed by atoms with Gasteiger partial charge in [0, 0.05) is 18.9 Å². The lowest BCUT2D eigenvalue weighted by molar-refractivity contribution is -0.00362. The second-order valence-corrected chi connectivity index (χ2v) is 5.44. The van der Waals surface area contributed by atoms with Gasteiger partial charge in [0.15, 0.2) is 13.1 Å². The first kappa shape index (κ1) is 12.7. The Kier molecular flexibility index (Phi) is 3.60. The van der Waals surface area contributed by atoms with Crippen molar-refractivity contribution in [2.75, 3.05) is 13.2 Å². The van der Waals surface area contributed by atoms with E-state index in [1.54, 1.807) is 0 Å². The first-order valence-electron chi connectivity index (χ1n) is 7.18. The molecule has 0 aliphatic carbocycles. The molecule has 2 atom stereocenters. The average Bonchev–Trinajstić information content (AvgIpc) is 2.48. The van der Waals surface area contributed by atoms with Crippen molar-refractivity contribution >= 4 is 18.5 Å². The molecule has 4 heteroatoms. The van der Waals surface area contributed by atoms with Gasteiger partial charge in [0.2, 0.25) is 0 Å². The van der Waals surface area contributed by atoms with Gasteiger partial charge in [0.1, 0.15) is 11.9 Å². The molecule has 1 aromatic rings. The highest BCUT2D eigenvalue weighted by molar-refractivity contribution is 6.52. The summed E-state index contributed by atoms with van der Waals surface area (Å²) in [5.74, 6) is 1.33. The molecule has 0 spiro atoms. The number of benzene rings is 1. The van der Waals surface area contributed by atoms with Crippen LogP contribution in [-0.4, -0.2) is 32.4 Å². The Labute approximate surface area is 114 Å². The maximum Gasteiger partial charge on any atom is 0.170 e. The summed E-state index contributed by atoms with van der Waals surface area (Å²) in [6.07, 6.45) is 2.65. The van der Waals surface area contributed by atoms with Gasteiger partial charge < -0.3 is 9.47 Å². The highest BCUT2D eigenvalue weighted by atomic mass is 16.5. The van der Waals surface area contributed by atoms with E-state index < -0.39 is 0 Å². The number of fused-ring (bicyclic) bond motifs is 1. The van der Waals surface area contributed by atoms with E-state index in [0.29, 0.717) is 12.3 Å². The van der Waals surface area contributed by atoms with Crippen LogP contribution < -0.4 is 10.2 Å². The zero-order valence-electron chi connectivity index (χ0n) is 11.4. The third-order valence-corrected chi connectivity index (χ3v) is 4.14. The Hall–Kier alpha value is -1.29. The molecule has 1 aromatic carbocycles. The minimum atomic E-state index is -0.00669. The molecule has 3 nitrogen and oxygen atoms in total. The molecule has 3 rings (SSSR count). The Morgan fingerprint density at radius 1 is 1.37 bits per heavy atom. The summed E-state index contributed by atoms with van der Waals surface area (Å²) >= 11 is 0. The monoisotopic (exact) mass is 258 g/mol. The molecular weight excluding hydrogens is 239 g/mol. The van der Waals surface area contributed by atoms with Crippen molar-refractivity contribution < 1.29 is 14.3 Å². The maximum atomic E-state index is 12.3. The van der Waals surface area contributed by atoms with Crippen molar-refractivity contribution in [1.82, 2.24) is 0 Å². The van der Waals surface area contributed by atoms with Gasteiger partial charge >= 0.3 is 0 Å². The predicted molar refractivity (Wildman–Crippen MR) is 76.0 cm³/mol. The molecule has 0 aromatic heterocycles. The third kappa shape index (κ3) is 2.54. The summed E-state index contributed by atoms with van der Waals surface area (Å²) in [6, 6.07) is 5.97. The second kappa shape index (κ2) is 5.37. The Morgan fingerprint density at radius 2 is 2.26 bits per heavy atom. The topological polar surface area (TPSA) is 35.5 Å². The predicted octanol–water partition coefficient (Wildman–Crippen LogP) is 1.56. The van der Waals surface area contributed by atoms with Crippen LogP contribution in [0.3, 0.4) is 0 Å². The van der Waals surface area contributed by atoms with Gasteiger partial charge in [-0.25, -0.2) is 0 Å². The van der Waals surface area contributed by atoms with Gasteiger partial charge in [0.05, 0.1) is 12.2 Å². The van der Waals surface area contributed by atoms with Crippen LogP contribution in [0.5, 0.6) is 5.75 Å².